The predicted molar refractivity (Wildman–Crippen MR) is 155 cm³/mol. The lowest BCUT2D eigenvalue weighted by atomic mass is 9.90. The molecule has 8 nitrogen and oxygen atoms in total. The van der Waals surface area contributed by atoms with E-state index in [1.807, 2.05) is 58.9 Å². The average Bonchev–Trinajstić information content (AvgIpc) is 2.86. The second kappa shape index (κ2) is 17.3. The zero-order chi connectivity index (χ0) is 29.9. The third kappa shape index (κ3) is 12.3. The van der Waals surface area contributed by atoms with Crippen LogP contribution in [0.2, 0.25) is 0 Å². The zero-order valence-electron chi connectivity index (χ0n) is 24.4. The molecule has 0 fully saturated rings. The van der Waals surface area contributed by atoms with Crippen molar-refractivity contribution in [1.29, 1.82) is 0 Å². The fourth-order valence-corrected chi connectivity index (χ4v) is 5.28. The van der Waals surface area contributed by atoms with Crippen LogP contribution in [0.1, 0.15) is 74.1 Å². The number of carbonyl (C=O) groups is 2. The van der Waals surface area contributed by atoms with Gasteiger partial charge in [-0.05, 0) is 43.3 Å². The highest BCUT2D eigenvalue weighted by atomic mass is 79.9. The van der Waals surface area contributed by atoms with Crippen LogP contribution in [0.15, 0.2) is 36.0 Å². The molecule has 1 aliphatic rings. The number of allylic oxidation sites excluding steroid dienone is 3. The van der Waals surface area contributed by atoms with Crippen molar-refractivity contribution in [2.24, 2.45) is 23.7 Å². The summed E-state index contributed by atoms with van der Waals surface area (Å²) in [5, 5.41) is 41.6. The molecule has 224 valence electrons. The van der Waals surface area contributed by atoms with Gasteiger partial charge in [0.15, 0.2) is 0 Å². The maximum absolute atomic E-state index is 12.6. The van der Waals surface area contributed by atoms with Crippen LogP contribution in [-0.4, -0.2) is 73.8 Å². The Morgan fingerprint density at radius 1 is 1.18 bits per heavy atom. The first kappa shape index (κ1) is 35.5. The van der Waals surface area contributed by atoms with Crippen molar-refractivity contribution in [3.63, 3.8) is 0 Å². The van der Waals surface area contributed by atoms with Gasteiger partial charge in [-0.2, -0.15) is 0 Å². The van der Waals surface area contributed by atoms with Crippen LogP contribution in [0, 0.1) is 23.7 Å². The van der Waals surface area contributed by atoms with E-state index in [1.54, 1.807) is 13.0 Å². The number of alkyl halides is 1. The fourth-order valence-electron chi connectivity index (χ4n) is 4.71. The molecule has 0 bridgehead atoms. The van der Waals surface area contributed by atoms with E-state index in [2.05, 4.69) is 15.9 Å². The van der Waals surface area contributed by atoms with Crippen LogP contribution in [0.25, 0.3) is 0 Å². The van der Waals surface area contributed by atoms with Crippen LogP contribution in [-0.2, 0) is 19.1 Å². The number of hydrogen-bond donors (Lipinski definition) is 4. The van der Waals surface area contributed by atoms with E-state index >= 15 is 0 Å². The topological polar surface area (TPSA) is 134 Å². The second-order valence-electron chi connectivity index (χ2n) is 11.1. The summed E-state index contributed by atoms with van der Waals surface area (Å²) in [7, 11) is 0. The van der Waals surface area contributed by atoms with Crippen molar-refractivity contribution in [3.8, 4) is 0 Å². The quantitative estimate of drug-likeness (QED) is 0.124. The molecule has 39 heavy (non-hydrogen) atoms. The molecule has 0 spiro atoms. The third-order valence-corrected chi connectivity index (χ3v) is 8.88. The van der Waals surface area contributed by atoms with E-state index in [4.69, 9.17) is 9.47 Å². The highest BCUT2D eigenvalue weighted by Gasteiger charge is 2.31. The van der Waals surface area contributed by atoms with Gasteiger partial charge in [-0.15, -0.1) is 0 Å². The minimum absolute atomic E-state index is 0.0468. The molecule has 9 heteroatoms. The molecule has 1 heterocycles. The van der Waals surface area contributed by atoms with Gasteiger partial charge < -0.3 is 29.9 Å². The summed E-state index contributed by atoms with van der Waals surface area (Å²) < 4.78 is 11.2. The van der Waals surface area contributed by atoms with E-state index in [-0.39, 0.29) is 35.4 Å². The molecule has 0 saturated heterocycles. The summed E-state index contributed by atoms with van der Waals surface area (Å²) in [5.41, 5.74) is 0.784. The van der Waals surface area contributed by atoms with Crippen LogP contribution >= 0.6 is 15.9 Å². The fraction of sp³-hybridized carbons (Fsp3) is 0.733. The van der Waals surface area contributed by atoms with Crippen molar-refractivity contribution in [2.75, 3.05) is 0 Å². The average molecular weight is 618 g/mol. The molecule has 11 unspecified atom stereocenters. The minimum Gasteiger partial charge on any atom is -0.458 e. The number of aliphatic hydroxyl groups excluding tert-OH is 4. The van der Waals surface area contributed by atoms with Gasteiger partial charge in [0.1, 0.15) is 12.2 Å². The van der Waals surface area contributed by atoms with Crippen LogP contribution in [0.4, 0.5) is 0 Å². The maximum atomic E-state index is 12.6. The lowest BCUT2D eigenvalue weighted by Crippen LogP contribution is -2.36. The Bertz CT molecular complexity index is 856. The van der Waals surface area contributed by atoms with Gasteiger partial charge in [-0.1, -0.05) is 74.9 Å². The maximum Gasteiger partial charge on any atom is 0.309 e. The number of halogens is 1. The normalized spacial score (nSPS) is 32.2. The number of ether oxygens (including phenoxy) is 2. The zero-order valence-corrected chi connectivity index (χ0v) is 26.0. The van der Waals surface area contributed by atoms with E-state index in [0.29, 0.717) is 12.8 Å². The summed E-state index contributed by atoms with van der Waals surface area (Å²) >= 11 is 3.54. The summed E-state index contributed by atoms with van der Waals surface area (Å²) in [6.07, 6.45) is 5.56. The van der Waals surface area contributed by atoms with E-state index < -0.39 is 54.5 Å². The molecule has 0 aromatic rings. The first-order valence-corrected chi connectivity index (χ1v) is 14.9. The molecule has 0 radical (unpaired) electrons. The van der Waals surface area contributed by atoms with Gasteiger partial charge in [0.2, 0.25) is 0 Å². The molecule has 11 atom stereocenters. The lowest BCUT2D eigenvalue weighted by molar-refractivity contribution is -0.151. The smallest absolute Gasteiger partial charge is 0.309 e. The summed E-state index contributed by atoms with van der Waals surface area (Å²) in [6, 6.07) is 0. The molecule has 0 amide bonds. The Morgan fingerprint density at radius 3 is 2.41 bits per heavy atom. The second-order valence-corrected chi connectivity index (χ2v) is 12.2. The SMILES string of the molecule is CCC(O)C(C)C(Br)C(O)CC(C)/C=C/C=C(\C)C1OC(=O)CC(O)CC(O)C(C)C(OC(C)=O)/C=C/C1C. The Morgan fingerprint density at radius 2 is 1.82 bits per heavy atom. The van der Waals surface area contributed by atoms with E-state index in [0.717, 1.165) is 5.57 Å². The van der Waals surface area contributed by atoms with Gasteiger partial charge in [0.05, 0.1) is 30.8 Å². The largest absolute Gasteiger partial charge is 0.458 e. The number of carbonyl (C=O) groups excluding carboxylic acids is 2. The van der Waals surface area contributed by atoms with Gasteiger partial charge >= 0.3 is 11.9 Å². The van der Waals surface area contributed by atoms with Crippen molar-refractivity contribution in [3.05, 3.63) is 36.0 Å². The highest BCUT2D eigenvalue weighted by Crippen LogP contribution is 2.27. The Hall–Kier alpha value is -1.52. The monoisotopic (exact) mass is 616 g/mol. The molecule has 1 aliphatic heterocycles. The molecule has 0 aromatic carbocycles. The van der Waals surface area contributed by atoms with Crippen LogP contribution < -0.4 is 0 Å². The molecular weight excluding hydrogens is 568 g/mol. The molecule has 4 N–H and O–H groups in total. The Kier molecular flexibility index (Phi) is 15.8. The number of esters is 2. The van der Waals surface area contributed by atoms with Gasteiger partial charge in [-0.3, -0.25) is 9.59 Å². The first-order chi connectivity index (χ1) is 18.2. The number of aliphatic hydroxyl groups is 4. The molecular formula is C30H49BrO8. The lowest BCUT2D eigenvalue weighted by Gasteiger charge is -2.29. The van der Waals surface area contributed by atoms with Crippen molar-refractivity contribution in [1.82, 2.24) is 0 Å². The van der Waals surface area contributed by atoms with Gasteiger partial charge in [-0.25, -0.2) is 0 Å². The Labute approximate surface area is 242 Å². The van der Waals surface area contributed by atoms with Crippen molar-refractivity contribution >= 4 is 27.9 Å². The molecule has 0 aromatic heterocycles. The standard InChI is InChI=1S/C30H49BrO8/c1-8-24(34)21(6)29(31)26(36)14-17(2)10-9-11-18(3)30-19(4)12-13-27(38-22(7)32)20(5)25(35)15-23(33)16-28(37)39-30/h9-13,17,19-21,23-27,29-30,33-36H,8,14-16H2,1-7H3/b10-9+,13-12+,18-11+. The summed E-state index contributed by atoms with van der Waals surface area (Å²) in [4.78, 5) is 24.0. The highest BCUT2D eigenvalue weighted by molar-refractivity contribution is 9.09. The van der Waals surface area contributed by atoms with Crippen molar-refractivity contribution in [2.45, 2.75) is 116 Å². The van der Waals surface area contributed by atoms with Crippen molar-refractivity contribution < 1.29 is 39.5 Å². The predicted octanol–water partition coefficient (Wildman–Crippen LogP) is 4.23. The van der Waals surface area contributed by atoms with Gasteiger partial charge in [0, 0.05) is 30.0 Å². The van der Waals surface area contributed by atoms with E-state index in [9.17, 15) is 30.0 Å². The van der Waals surface area contributed by atoms with Gasteiger partial charge in [0.25, 0.3) is 0 Å². The molecule has 0 aliphatic carbocycles. The summed E-state index contributed by atoms with van der Waals surface area (Å²) in [6.45, 7) is 12.6. The van der Waals surface area contributed by atoms with Crippen LogP contribution in [0.5, 0.6) is 0 Å². The Balaban J connectivity index is 3.06. The number of hydrogen-bond acceptors (Lipinski definition) is 8. The van der Waals surface area contributed by atoms with Crippen LogP contribution in [0.3, 0.4) is 0 Å². The number of rotatable bonds is 10. The molecule has 0 saturated carbocycles. The van der Waals surface area contributed by atoms with E-state index in [1.165, 1.54) is 6.92 Å². The molecule has 1 rings (SSSR count). The minimum atomic E-state index is -1.09. The first-order valence-electron chi connectivity index (χ1n) is 13.9. The third-order valence-electron chi connectivity index (χ3n) is 7.44. The summed E-state index contributed by atoms with van der Waals surface area (Å²) in [5.74, 6) is -1.83. The number of cyclic esters (lactones) is 1.